The number of aliphatic carboxylic acids is 1. The van der Waals surface area contributed by atoms with Crippen molar-refractivity contribution in [3.63, 3.8) is 0 Å². The van der Waals surface area contributed by atoms with Gasteiger partial charge in [-0.15, -0.1) is 0 Å². The summed E-state index contributed by atoms with van der Waals surface area (Å²) in [5.74, 6) is -1.30. The molecule has 54 heavy (non-hydrogen) atoms. The Morgan fingerprint density at radius 1 is 0.556 bits per heavy atom. The summed E-state index contributed by atoms with van der Waals surface area (Å²) in [6.45, 7) is 4.79. The lowest BCUT2D eigenvalue weighted by molar-refractivity contribution is -0.150. The van der Waals surface area contributed by atoms with Crippen molar-refractivity contribution >= 4 is 17.8 Å². The SMILES string of the molecule is CC/C=C\C/C=C\C/C=C\C/C=C\C/C=C\C/C=C\CCCCCCC(=O)OC(CCCCCCCC)CCCCCCC(=O)NC(CCCN)C(=O)O. The average Bonchev–Trinajstić information content (AvgIpc) is 3.16. The van der Waals surface area contributed by atoms with Crippen molar-refractivity contribution in [3.05, 3.63) is 72.9 Å². The third-order valence-corrected chi connectivity index (χ3v) is 9.29. The van der Waals surface area contributed by atoms with Crippen LogP contribution in [0.1, 0.15) is 187 Å². The van der Waals surface area contributed by atoms with Crippen molar-refractivity contribution in [2.45, 2.75) is 199 Å². The zero-order valence-corrected chi connectivity index (χ0v) is 34.5. The molecule has 0 saturated carbocycles. The summed E-state index contributed by atoms with van der Waals surface area (Å²) in [6, 6.07) is -0.869. The topological polar surface area (TPSA) is 119 Å². The van der Waals surface area contributed by atoms with Gasteiger partial charge in [-0.2, -0.15) is 0 Å². The van der Waals surface area contributed by atoms with Gasteiger partial charge in [-0.25, -0.2) is 4.79 Å². The largest absolute Gasteiger partial charge is 0.480 e. The lowest BCUT2D eigenvalue weighted by Gasteiger charge is -2.18. The molecule has 0 fully saturated rings. The maximum absolute atomic E-state index is 12.7. The first-order valence-electron chi connectivity index (χ1n) is 21.8. The Morgan fingerprint density at radius 2 is 1.02 bits per heavy atom. The summed E-state index contributed by atoms with van der Waals surface area (Å²) in [5, 5.41) is 11.9. The van der Waals surface area contributed by atoms with Gasteiger partial charge in [-0.05, 0) is 109 Å². The van der Waals surface area contributed by atoms with Gasteiger partial charge in [0.2, 0.25) is 5.91 Å². The predicted molar refractivity (Wildman–Crippen MR) is 229 cm³/mol. The molecule has 2 atom stereocenters. The maximum Gasteiger partial charge on any atom is 0.326 e. The van der Waals surface area contributed by atoms with Crippen LogP contribution in [0.5, 0.6) is 0 Å². The van der Waals surface area contributed by atoms with E-state index in [0.717, 1.165) is 116 Å². The first-order valence-corrected chi connectivity index (χ1v) is 21.8. The average molecular weight is 753 g/mol. The van der Waals surface area contributed by atoms with E-state index in [0.29, 0.717) is 32.2 Å². The van der Waals surface area contributed by atoms with Crippen LogP contribution in [0.15, 0.2) is 72.9 Å². The minimum Gasteiger partial charge on any atom is -0.480 e. The smallest absolute Gasteiger partial charge is 0.326 e. The van der Waals surface area contributed by atoms with E-state index in [4.69, 9.17) is 10.5 Å². The molecule has 7 heteroatoms. The highest BCUT2D eigenvalue weighted by Gasteiger charge is 2.19. The van der Waals surface area contributed by atoms with E-state index >= 15 is 0 Å². The number of unbranched alkanes of at least 4 members (excludes halogenated alkanes) is 12. The number of hydrogen-bond donors (Lipinski definition) is 3. The van der Waals surface area contributed by atoms with Crippen molar-refractivity contribution in [2.75, 3.05) is 6.54 Å². The molecule has 0 heterocycles. The normalized spacial score (nSPS) is 13.4. The number of rotatable bonds is 38. The number of esters is 1. The van der Waals surface area contributed by atoms with Gasteiger partial charge in [-0.1, -0.05) is 145 Å². The molecule has 2 unspecified atom stereocenters. The van der Waals surface area contributed by atoms with Crippen LogP contribution in [0.25, 0.3) is 0 Å². The molecule has 0 aromatic carbocycles. The zero-order chi connectivity index (χ0) is 39.6. The molecule has 0 rings (SSSR count). The summed E-state index contributed by atoms with van der Waals surface area (Å²) in [4.78, 5) is 36.3. The number of hydrogen-bond acceptors (Lipinski definition) is 5. The zero-order valence-electron chi connectivity index (χ0n) is 34.5. The fourth-order valence-electron chi connectivity index (χ4n) is 6.04. The first-order chi connectivity index (χ1) is 26.4. The van der Waals surface area contributed by atoms with Crippen LogP contribution in [0.2, 0.25) is 0 Å². The quantitative estimate of drug-likeness (QED) is 0.0328. The predicted octanol–water partition coefficient (Wildman–Crippen LogP) is 12.3. The van der Waals surface area contributed by atoms with Gasteiger partial charge >= 0.3 is 11.9 Å². The molecule has 0 aromatic rings. The summed E-state index contributed by atoms with van der Waals surface area (Å²) < 4.78 is 5.97. The second kappa shape index (κ2) is 41.0. The summed E-state index contributed by atoms with van der Waals surface area (Å²) >= 11 is 0. The molecule has 0 aliphatic rings. The van der Waals surface area contributed by atoms with Crippen molar-refractivity contribution < 1.29 is 24.2 Å². The van der Waals surface area contributed by atoms with E-state index in [9.17, 15) is 19.5 Å². The number of nitrogens with one attached hydrogen (secondary N) is 1. The molecule has 0 aliphatic carbocycles. The molecule has 0 aliphatic heterocycles. The molecule has 0 spiro atoms. The Balaban J connectivity index is 4.15. The highest BCUT2D eigenvalue weighted by molar-refractivity contribution is 5.83. The van der Waals surface area contributed by atoms with Crippen LogP contribution in [-0.4, -0.2) is 41.6 Å². The van der Waals surface area contributed by atoms with Gasteiger partial charge in [-0.3, -0.25) is 9.59 Å². The Hall–Kier alpha value is -3.19. The monoisotopic (exact) mass is 753 g/mol. The summed E-state index contributed by atoms with van der Waals surface area (Å²) in [5.41, 5.74) is 5.48. The van der Waals surface area contributed by atoms with Crippen LogP contribution in [0.4, 0.5) is 0 Å². The Morgan fingerprint density at radius 3 is 1.54 bits per heavy atom. The third kappa shape index (κ3) is 37.1. The molecule has 4 N–H and O–H groups in total. The minimum absolute atomic E-state index is 0.0288. The van der Waals surface area contributed by atoms with Gasteiger partial charge in [0.1, 0.15) is 12.1 Å². The van der Waals surface area contributed by atoms with E-state index in [2.05, 4.69) is 92.1 Å². The molecular weight excluding hydrogens is 673 g/mol. The van der Waals surface area contributed by atoms with Gasteiger partial charge in [0.05, 0.1) is 0 Å². The minimum atomic E-state index is -1.01. The van der Waals surface area contributed by atoms with Gasteiger partial charge < -0.3 is 20.9 Å². The molecule has 0 saturated heterocycles. The van der Waals surface area contributed by atoms with Crippen molar-refractivity contribution in [1.29, 1.82) is 0 Å². The van der Waals surface area contributed by atoms with E-state index in [-0.39, 0.29) is 18.0 Å². The maximum atomic E-state index is 12.7. The second-order valence-electron chi connectivity index (χ2n) is 14.4. The van der Waals surface area contributed by atoms with Gasteiger partial charge in [0.15, 0.2) is 0 Å². The number of nitrogens with two attached hydrogens (primary N) is 1. The van der Waals surface area contributed by atoms with Crippen LogP contribution in [-0.2, 0) is 19.1 Å². The Labute approximate surface area is 331 Å². The third-order valence-electron chi connectivity index (χ3n) is 9.29. The number of carbonyl (C=O) groups is 3. The molecular formula is C47H80N2O5. The highest BCUT2D eigenvalue weighted by Crippen LogP contribution is 2.18. The lowest BCUT2D eigenvalue weighted by atomic mass is 10.0. The number of carbonyl (C=O) groups excluding carboxylic acids is 2. The first kappa shape index (κ1) is 50.8. The molecule has 1 amide bonds. The number of allylic oxidation sites excluding steroid dienone is 12. The van der Waals surface area contributed by atoms with E-state index in [1.54, 1.807) is 0 Å². The van der Waals surface area contributed by atoms with E-state index < -0.39 is 12.0 Å². The van der Waals surface area contributed by atoms with Crippen molar-refractivity contribution in [2.24, 2.45) is 5.73 Å². The van der Waals surface area contributed by atoms with Gasteiger partial charge in [0, 0.05) is 12.8 Å². The summed E-state index contributed by atoms with van der Waals surface area (Å²) in [7, 11) is 0. The van der Waals surface area contributed by atoms with E-state index in [1.807, 2.05) is 0 Å². The number of carboxylic acids is 1. The van der Waals surface area contributed by atoms with Crippen molar-refractivity contribution in [3.8, 4) is 0 Å². The van der Waals surface area contributed by atoms with E-state index in [1.165, 1.54) is 32.1 Å². The van der Waals surface area contributed by atoms with Crippen LogP contribution >= 0.6 is 0 Å². The molecule has 7 nitrogen and oxygen atoms in total. The fraction of sp³-hybridized carbons (Fsp3) is 0.681. The van der Waals surface area contributed by atoms with Gasteiger partial charge in [0.25, 0.3) is 0 Å². The highest BCUT2D eigenvalue weighted by atomic mass is 16.5. The second-order valence-corrected chi connectivity index (χ2v) is 14.4. The lowest BCUT2D eigenvalue weighted by Crippen LogP contribution is -2.40. The number of ether oxygens (including phenoxy) is 1. The van der Waals surface area contributed by atoms with Crippen molar-refractivity contribution in [1.82, 2.24) is 5.32 Å². The standard InChI is InChI=1S/C47H80N2O5/c1-3-5-7-9-11-12-13-14-15-16-17-18-19-20-21-22-23-24-25-26-27-29-35-41-46(51)54-43(37-32-28-10-8-6-4-2)38-33-30-31-34-40-45(50)49-44(47(52)53)39-36-42-48/h5,7,11-12,14-15,17-18,20-21,23-24,43-44H,3-4,6,8-10,13,16,19,22,25-42,48H2,1-2H3,(H,49,50)(H,52,53)/b7-5-,12-11-,15-14-,18-17-,21-20-,24-23-. The molecule has 0 aromatic heterocycles. The molecule has 308 valence electrons. The van der Waals surface area contributed by atoms with Crippen LogP contribution < -0.4 is 11.1 Å². The number of carboxylic acid groups (broad SMARTS) is 1. The van der Waals surface area contributed by atoms with Crippen LogP contribution in [0, 0.1) is 0 Å². The Bertz CT molecular complexity index is 1070. The Kier molecular flexibility index (Phi) is 38.6. The summed E-state index contributed by atoms with van der Waals surface area (Å²) in [6.07, 6.45) is 52.4. The van der Waals surface area contributed by atoms with Crippen LogP contribution in [0.3, 0.4) is 0 Å². The number of amides is 1. The molecule has 0 bridgehead atoms. The molecule has 0 radical (unpaired) electrons. The fourth-order valence-corrected chi connectivity index (χ4v) is 6.04.